The first-order chi connectivity index (χ1) is 24.8. The number of benzene rings is 3. The third-order valence-electron chi connectivity index (χ3n) is 10.3. The van der Waals surface area contributed by atoms with Gasteiger partial charge < -0.3 is 25.0 Å². The Morgan fingerprint density at radius 3 is 2.40 bits per heavy atom. The van der Waals surface area contributed by atoms with Gasteiger partial charge in [0.05, 0.1) is 18.2 Å². The van der Waals surface area contributed by atoms with Crippen molar-refractivity contribution in [1.29, 1.82) is 0 Å². The molecule has 1 saturated heterocycles. The van der Waals surface area contributed by atoms with Crippen LogP contribution >= 0.6 is 0 Å². The Balaban J connectivity index is 1.27. The van der Waals surface area contributed by atoms with Gasteiger partial charge in [0, 0.05) is 56.6 Å². The Bertz CT molecular complexity index is 1850. The number of carboxylic acid groups (broad SMARTS) is 1. The minimum atomic E-state index is -4.50. The van der Waals surface area contributed by atoms with E-state index in [1.165, 1.54) is 11.6 Å². The highest BCUT2D eigenvalue weighted by atomic mass is 19.4. The molecule has 1 saturated carbocycles. The zero-order chi connectivity index (χ0) is 37.2. The van der Waals surface area contributed by atoms with E-state index in [1.54, 1.807) is 15.9 Å². The summed E-state index contributed by atoms with van der Waals surface area (Å²) in [7, 11) is 0. The number of nitrogens with zero attached hydrogens (tertiary/aromatic N) is 2. The number of ether oxygens (including phenoxy) is 1. The molecular formula is C41H46F3N3O5. The number of nitrogens with one attached hydrogen (secondary N) is 1. The highest BCUT2D eigenvalue weighted by Gasteiger charge is 2.43. The SMILES string of the molecule is Cc1cc(C)c(C)c(OCCc2ccc(C3=C(C(=O)N(Cc4cccc(C(F)(F)F)c4)C4CC4)C4CN(C(=O)CCCC(=O)O)CC(C3)N4)cc2)c1. The molecule has 2 N–H and O–H groups in total. The smallest absolute Gasteiger partial charge is 0.416 e. The summed E-state index contributed by atoms with van der Waals surface area (Å²) in [6, 6.07) is 16.7. The summed E-state index contributed by atoms with van der Waals surface area (Å²) >= 11 is 0. The molecule has 0 spiro atoms. The van der Waals surface area contributed by atoms with E-state index in [2.05, 4.69) is 25.2 Å². The summed E-state index contributed by atoms with van der Waals surface area (Å²) in [5.41, 5.74) is 6.48. The van der Waals surface area contributed by atoms with E-state index in [4.69, 9.17) is 9.84 Å². The molecule has 0 aromatic heterocycles. The molecule has 11 heteroatoms. The van der Waals surface area contributed by atoms with Gasteiger partial charge in [-0.2, -0.15) is 13.2 Å². The summed E-state index contributed by atoms with van der Waals surface area (Å²) in [6.07, 6.45) is -1.57. The summed E-state index contributed by atoms with van der Waals surface area (Å²) in [5.74, 6) is -0.476. The van der Waals surface area contributed by atoms with Crippen LogP contribution in [0.1, 0.15) is 77.5 Å². The largest absolute Gasteiger partial charge is 0.493 e. The van der Waals surface area contributed by atoms with Crippen LogP contribution in [-0.4, -0.2) is 70.5 Å². The van der Waals surface area contributed by atoms with Crippen molar-refractivity contribution >= 4 is 23.4 Å². The lowest BCUT2D eigenvalue weighted by molar-refractivity contribution is -0.139. The first-order valence-corrected chi connectivity index (χ1v) is 18.0. The molecule has 276 valence electrons. The number of carbonyl (C=O) groups is 3. The Kier molecular flexibility index (Phi) is 11.1. The fourth-order valence-electron chi connectivity index (χ4n) is 7.37. The maximum atomic E-state index is 14.7. The second kappa shape index (κ2) is 15.5. The van der Waals surface area contributed by atoms with Crippen LogP contribution in [0.4, 0.5) is 13.2 Å². The molecule has 6 rings (SSSR count). The van der Waals surface area contributed by atoms with Crippen molar-refractivity contribution in [2.24, 2.45) is 0 Å². The van der Waals surface area contributed by atoms with Crippen molar-refractivity contribution in [3.05, 3.63) is 105 Å². The molecular weight excluding hydrogens is 671 g/mol. The number of halogens is 3. The number of aliphatic carboxylic acids is 1. The number of hydrogen-bond donors (Lipinski definition) is 2. The van der Waals surface area contributed by atoms with Gasteiger partial charge in [-0.25, -0.2) is 0 Å². The Labute approximate surface area is 302 Å². The molecule has 3 aromatic carbocycles. The average molecular weight is 718 g/mol. The molecule has 3 aromatic rings. The van der Waals surface area contributed by atoms with Crippen molar-refractivity contribution < 1.29 is 37.4 Å². The summed E-state index contributed by atoms with van der Waals surface area (Å²) in [6.45, 7) is 7.39. The molecule has 2 fully saturated rings. The lowest BCUT2D eigenvalue weighted by atomic mass is 9.82. The van der Waals surface area contributed by atoms with Gasteiger partial charge in [0.2, 0.25) is 5.91 Å². The van der Waals surface area contributed by atoms with Crippen molar-refractivity contribution in [2.45, 2.75) is 96.6 Å². The number of aryl methyl sites for hydroxylation is 2. The summed E-state index contributed by atoms with van der Waals surface area (Å²) in [4.78, 5) is 42.4. The third-order valence-corrected chi connectivity index (χ3v) is 10.3. The van der Waals surface area contributed by atoms with E-state index >= 15 is 0 Å². The average Bonchev–Trinajstić information content (AvgIpc) is 3.94. The Morgan fingerprint density at radius 2 is 1.71 bits per heavy atom. The highest BCUT2D eigenvalue weighted by molar-refractivity contribution is 6.03. The third kappa shape index (κ3) is 8.86. The number of alkyl halides is 3. The van der Waals surface area contributed by atoms with Crippen molar-refractivity contribution in [3.8, 4) is 5.75 Å². The second-order valence-electron chi connectivity index (χ2n) is 14.4. The monoisotopic (exact) mass is 717 g/mol. The van der Waals surface area contributed by atoms with Crippen LogP contribution in [-0.2, 0) is 33.5 Å². The zero-order valence-corrected chi connectivity index (χ0v) is 29.9. The quantitative estimate of drug-likeness (QED) is 0.197. The van der Waals surface area contributed by atoms with Crippen LogP contribution < -0.4 is 10.1 Å². The van der Waals surface area contributed by atoms with Crippen molar-refractivity contribution in [2.75, 3.05) is 19.7 Å². The zero-order valence-electron chi connectivity index (χ0n) is 29.9. The van der Waals surface area contributed by atoms with Gasteiger partial charge in [-0.05, 0) is 104 Å². The van der Waals surface area contributed by atoms with Gasteiger partial charge in [-0.3, -0.25) is 14.4 Å². The number of piperazine rings is 1. The lowest BCUT2D eigenvalue weighted by Gasteiger charge is -2.45. The summed E-state index contributed by atoms with van der Waals surface area (Å²) < 4.78 is 46.9. The van der Waals surface area contributed by atoms with E-state index in [-0.39, 0.29) is 56.3 Å². The highest BCUT2D eigenvalue weighted by Crippen LogP contribution is 2.38. The van der Waals surface area contributed by atoms with Gasteiger partial charge in [0.1, 0.15) is 5.75 Å². The summed E-state index contributed by atoms with van der Waals surface area (Å²) in [5, 5.41) is 12.6. The molecule has 2 heterocycles. The molecule has 0 radical (unpaired) electrons. The van der Waals surface area contributed by atoms with E-state index in [9.17, 15) is 27.6 Å². The number of fused-ring (bicyclic) bond motifs is 2. The Morgan fingerprint density at radius 1 is 0.962 bits per heavy atom. The van der Waals surface area contributed by atoms with E-state index in [0.29, 0.717) is 37.1 Å². The molecule has 8 nitrogen and oxygen atoms in total. The van der Waals surface area contributed by atoms with E-state index in [0.717, 1.165) is 58.6 Å². The fraction of sp³-hybridized carbons (Fsp3) is 0.439. The van der Waals surface area contributed by atoms with Crippen molar-refractivity contribution in [1.82, 2.24) is 15.1 Å². The first-order valence-electron chi connectivity index (χ1n) is 18.0. The van der Waals surface area contributed by atoms with Gasteiger partial charge in [0.25, 0.3) is 5.91 Å². The Hall–Kier alpha value is -4.64. The molecule has 3 aliphatic rings. The van der Waals surface area contributed by atoms with Gasteiger partial charge in [-0.1, -0.05) is 42.5 Å². The normalized spacial score (nSPS) is 18.7. The second-order valence-corrected chi connectivity index (χ2v) is 14.4. The number of amides is 2. The molecule has 52 heavy (non-hydrogen) atoms. The molecule has 1 aliphatic carbocycles. The topological polar surface area (TPSA) is 99.2 Å². The van der Waals surface area contributed by atoms with Crippen LogP contribution in [0.15, 0.2) is 66.2 Å². The maximum absolute atomic E-state index is 14.7. The van der Waals surface area contributed by atoms with Crippen LogP contribution in [0.25, 0.3) is 5.57 Å². The van der Waals surface area contributed by atoms with Crippen LogP contribution in [0.5, 0.6) is 5.75 Å². The predicted octanol–water partition coefficient (Wildman–Crippen LogP) is 7.02. The fourth-order valence-corrected chi connectivity index (χ4v) is 7.37. The van der Waals surface area contributed by atoms with E-state index in [1.807, 2.05) is 37.3 Å². The van der Waals surface area contributed by atoms with Gasteiger partial charge >= 0.3 is 12.1 Å². The molecule has 2 amide bonds. The van der Waals surface area contributed by atoms with Crippen LogP contribution in [0, 0.1) is 20.8 Å². The maximum Gasteiger partial charge on any atom is 0.416 e. The standard InChI is InChI=1S/C41H46F3N3O5/c1-25-18-26(2)27(3)36(19-25)52-17-16-28-10-12-30(13-11-28)34-21-32-23-46(37(48)8-5-9-38(49)50)24-35(45-32)39(34)40(51)47(33-14-15-33)22-29-6-4-7-31(20-29)41(42,43)44/h4,6-7,10-13,18-20,32-33,35,45H,5,8-9,14-17,21-24H2,1-3H3,(H,49,50). The molecule has 2 unspecified atom stereocenters. The van der Waals surface area contributed by atoms with Crippen molar-refractivity contribution in [3.63, 3.8) is 0 Å². The van der Waals surface area contributed by atoms with Gasteiger partial charge in [0.15, 0.2) is 0 Å². The number of rotatable bonds is 13. The first kappa shape index (κ1) is 37.1. The van der Waals surface area contributed by atoms with Crippen LogP contribution in [0.3, 0.4) is 0 Å². The van der Waals surface area contributed by atoms with Crippen LogP contribution in [0.2, 0.25) is 0 Å². The minimum Gasteiger partial charge on any atom is -0.493 e. The molecule has 2 atom stereocenters. The number of hydrogen-bond acceptors (Lipinski definition) is 5. The number of carboxylic acids is 1. The minimum absolute atomic E-state index is 0.0387. The molecule has 2 aliphatic heterocycles. The predicted molar refractivity (Wildman–Crippen MR) is 192 cm³/mol. The van der Waals surface area contributed by atoms with Gasteiger partial charge in [-0.15, -0.1) is 0 Å². The van der Waals surface area contributed by atoms with E-state index < -0.39 is 23.8 Å². The lowest BCUT2D eigenvalue weighted by Crippen LogP contribution is -2.62. The number of carbonyl (C=O) groups excluding carboxylic acids is 2. The molecule has 2 bridgehead atoms.